The van der Waals surface area contributed by atoms with Gasteiger partial charge in [0.2, 0.25) is 0 Å². The maximum absolute atomic E-state index is 10.1. The zero-order chi connectivity index (χ0) is 10.1. The van der Waals surface area contributed by atoms with Crippen LogP contribution in [0.25, 0.3) is 0 Å². The molecule has 7 heteroatoms. The Kier molecular flexibility index (Phi) is 17.3. The molecule has 0 radical (unpaired) electrons. The number of amides is 2. The molecule has 0 aliphatic rings. The van der Waals surface area contributed by atoms with Crippen LogP contribution in [0.3, 0.4) is 0 Å². The van der Waals surface area contributed by atoms with Crippen molar-refractivity contribution in [2.45, 2.75) is 26.3 Å². The van der Waals surface area contributed by atoms with Crippen LogP contribution in [0.2, 0.25) is 0 Å². The van der Waals surface area contributed by atoms with Crippen molar-refractivity contribution in [3.63, 3.8) is 0 Å². The quantitative estimate of drug-likeness (QED) is 0.572. The number of carbonyl (C=O) groups excluding carboxylic acids is 2. The predicted molar refractivity (Wildman–Crippen MR) is 52.6 cm³/mol. The summed E-state index contributed by atoms with van der Waals surface area (Å²) in [6, 6.07) is 0.222. The van der Waals surface area contributed by atoms with Gasteiger partial charge in [-0.3, -0.25) is 0 Å². The van der Waals surface area contributed by atoms with Crippen molar-refractivity contribution in [1.29, 1.82) is 0 Å². The van der Waals surface area contributed by atoms with E-state index in [-0.39, 0.29) is 30.8 Å². The van der Waals surface area contributed by atoms with E-state index in [1.165, 1.54) is 0 Å². The van der Waals surface area contributed by atoms with Gasteiger partial charge in [-0.15, -0.1) is 0 Å². The Balaban J connectivity index is -0.000000173. The Morgan fingerprint density at radius 3 is 1.85 bits per heavy atom. The summed E-state index contributed by atoms with van der Waals surface area (Å²) in [5.41, 5.74) is 4.29. The number of carbonyl (C=O) groups is 2. The SMILES string of the molecule is CCC(C)NC(=O)[S-].NC(=O)[S-].[Zn+2]. The summed E-state index contributed by atoms with van der Waals surface area (Å²) >= 11 is 8.03. The third-order valence-electron chi connectivity index (χ3n) is 0.977. The van der Waals surface area contributed by atoms with Crippen molar-refractivity contribution in [3.05, 3.63) is 0 Å². The molecule has 2 amide bonds. The molecule has 0 fully saturated rings. The van der Waals surface area contributed by atoms with E-state index in [2.05, 4.69) is 36.3 Å². The van der Waals surface area contributed by atoms with Gasteiger partial charge in [0.1, 0.15) is 0 Å². The predicted octanol–water partition coefficient (Wildman–Crippen LogP) is 0.651. The fourth-order valence-corrected chi connectivity index (χ4v) is 0.504. The van der Waals surface area contributed by atoms with Crippen LogP contribution in [0.4, 0.5) is 9.59 Å². The smallest absolute Gasteiger partial charge is 0.719 e. The van der Waals surface area contributed by atoms with E-state index in [1.54, 1.807) is 0 Å². The summed E-state index contributed by atoms with van der Waals surface area (Å²) in [5.74, 6) is 0. The minimum atomic E-state index is -0.750. The van der Waals surface area contributed by atoms with Crippen LogP contribution >= 0.6 is 0 Å². The largest absolute Gasteiger partial charge is 2.00 e. The normalized spacial score (nSPS) is 9.69. The summed E-state index contributed by atoms with van der Waals surface area (Å²) in [6.07, 6.45) is 0.933. The molecule has 4 nitrogen and oxygen atoms in total. The second-order valence-electron chi connectivity index (χ2n) is 2.06. The molecule has 1 atom stereocenters. The maximum Gasteiger partial charge on any atom is 2.00 e. The molecular weight excluding hydrogens is 262 g/mol. The Morgan fingerprint density at radius 2 is 1.77 bits per heavy atom. The van der Waals surface area contributed by atoms with Gasteiger partial charge in [-0.1, -0.05) is 6.92 Å². The average molecular weight is 274 g/mol. The first-order valence-corrected chi connectivity index (χ1v) is 4.15. The number of nitrogens with one attached hydrogen (secondary N) is 1. The molecule has 0 saturated heterocycles. The topological polar surface area (TPSA) is 72.2 Å². The first-order valence-electron chi connectivity index (χ1n) is 3.34. The van der Waals surface area contributed by atoms with Crippen LogP contribution in [-0.2, 0) is 44.7 Å². The van der Waals surface area contributed by atoms with Gasteiger partial charge in [0.05, 0.1) is 10.5 Å². The zero-order valence-electron chi connectivity index (χ0n) is 7.70. The van der Waals surface area contributed by atoms with Crippen molar-refractivity contribution in [2.75, 3.05) is 0 Å². The molecule has 0 aliphatic carbocycles. The standard InChI is InChI=1S/C5H11NOS.CH3NOS.Zn/c1-3-4(2)6-5(7)8;2-1(3)4;/h4H,3H2,1-2H3,(H2,6,7,8);(H3,2,3,4);/q;;+2/p-2. The van der Waals surface area contributed by atoms with Gasteiger partial charge in [0.25, 0.3) is 0 Å². The van der Waals surface area contributed by atoms with Crippen molar-refractivity contribution in [2.24, 2.45) is 5.73 Å². The molecule has 1 unspecified atom stereocenters. The van der Waals surface area contributed by atoms with Crippen molar-refractivity contribution in [3.8, 4) is 0 Å². The number of hydrogen-bond donors (Lipinski definition) is 2. The van der Waals surface area contributed by atoms with E-state index in [1.807, 2.05) is 13.8 Å². The molecule has 0 aromatic carbocycles. The fraction of sp³-hybridized carbons (Fsp3) is 0.667. The molecule has 3 N–H and O–H groups in total. The van der Waals surface area contributed by atoms with E-state index in [9.17, 15) is 4.79 Å². The van der Waals surface area contributed by atoms with E-state index < -0.39 is 5.24 Å². The van der Waals surface area contributed by atoms with Gasteiger partial charge in [-0.25, -0.2) is 0 Å². The van der Waals surface area contributed by atoms with E-state index >= 15 is 0 Å². The molecule has 0 rings (SSSR count). The third kappa shape index (κ3) is 33.3. The van der Waals surface area contributed by atoms with Crippen molar-refractivity contribution >= 4 is 35.7 Å². The van der Waals surface area contributed by atoms with Crippen LogP contribution in [0.15, 0.2) is 0 Å². The van der Waals surface area contributed by atoms with Crippen molar-refractivity contribution in [1.82, 2.24) is 5.32 Å². The van der Waals surface area contributed by atoms with Crippen LogP contribution < -0.4 is 11.1 Å². The summed E-state index contributed by atoms with van der Waals surface area (Å²) in [6.45, 7) is 3.92. The van der Waals surface area contributed by atoms with E-state index in [0.29, 0.717) is 0 Å². The molecule has 0 aromatic heterocycles. The summed E-state index contributed by atoms with van der Waals surface area (Å²) in [5, 5.41) is 1.46. The monoisotopic (exact) mass is 272 g/mol. The number of primary amides is 1. The molecule has 0 aromatic rings. The maximum atomic E-state index is 10.1. The first kappa shape index (κ1) is 18.7. The van der Waals surface area contributed by atoms with Crippen molar-refractivity contribution < 1.29 is 29.1 Å². The minimum absolute atomic E-state index is 0. The Hall–Kier alpha value is 0.00338. The summed E-state index contributed by atoms with van der Waals surface area (Å²) in [7, 11) is 0. The number of rotatable bonds is 2. The van der Waals surface area contributed by atoms with Crippen LogP contribution in [0.1, 0.15) is 20.3 Å². The van der Waals surface area contributed by atoms with Gasteiger partial charge < -0.3 is 45.9 Å². The molecule has 0 saturated carbocycles. The molecule has 0 spiro atoms. The van der Waals surface area contributed by atoms with Crippen LogP contribution in [0.5, 0.6) is 0 Å². The van der Waals surface area contributed by atoms with Gasteiger partial charge >= 0.3 is 19.5 Å². The van der Waals surface area contributed by atoms with Crippen LogP contribution in [0, 0.1) is 0 Å². The zero-order valence-corrected chi connectivity index (χ0v) is 12.3. The average Bonchev–Trinajstić information content (AvgIpc) is 1.84. The Bertz CT molecular complexity index is 154. The molecule has 13 heavy (non-hydrogen) atoms. The molecular formula is C6H12N2O2S2Zn. The number of hydrogen-bond acceptors (Lipinski definition) is 4. The summed E-state index contributed by atoms with van der Waals surface area (Å²) in [4.78, 5) is 19.2. The van der Waals surface area contributed by atoms with Gasteiger partial charge in [0, 0.05) is 6.04 Å². The summed E-state index contributed by atoms with van der Waals surface area (Å²) < 4.78 is 0. The number of nitrogens with two attached hydrogens (primary N) is 1. The molecule has 72 valence electrons. The van der Waals surface area contributed by atoms with Gasteiger partial charge in [0.15, 0.2) is 0 Å². The molecule has 0 heterocycles. The first-order chi connectivity index (χ1) is 5.40. The van der Waals surface area contributed by atoms with Gasteiger partial charge in [-0.05, 0) is 13.3 Å². The second-order valence-corrected chi connectivity index (χ2v) is 2.83. The van der Waals surface area contributed by atoms with E-state index in [4.69, 9.17) is 4.79 Å². The minimum Gasteiger partial charge on any atom is -0.719 e. The third-order valence-corrected chi connectivity index (χ3v) is 1.09. The Labute approximate surface area is 102 Å². The molecule has 0 aliphatic heterocycles. The fourth-order valence-electron chi connectivity index (χ4n) is 0.303. The van der Waals surface area contributed by atoms with Gasteiger partial charge in [-0.2, -0.15) is 0 Å². The second kappa shape index (κ2) is 12.0. The van der Waals surface area contributed by atoms with E-state index in [0.717, 1.165) is 6.42 Å². The molecule has 0 bridgehead atoms. The van der Waals surface area contributed by atoms with Crippen LogP contribution in [-0.4, -0.2) is 16.5 Å². The Morgan fingerprint density at radius 1 is 1.46 bits per heavy atom.